The smallest absolute Gasteiger partial charge is 0.333 e. The van der Waals surface area contributed by atoms with E-state index in [2.05, 4.69) is 4.98 Å². The molecule has 6 nitrogen and oxygen atoms in total. The molecular weight excluding hydrogens is 346 g/mol. The molecule has 1 saturated carbocycles. The number of allylic oxidation sites excluding steroid dienone is 1. The van der Waals surface area contributed by atoms with Crippen LogP contribution in [0.1, 0.15) is 44.2 Å². The van der Waals surface area contributed by atoms with E-state index >= 15 is 0 Å². The van der Waals surface area contributed by atoms with Gasteiger partial charge in [0.15, 0.2) is 5.75 Å². The minimum Gasteiger partial charge on any atom is -0.493 e. The number of methoxy groups -OCH3 is 1. The number of hydrogen-bond donors (Lipinski definition) is 1. The normalized spacial score (nSPS) is 15.6. The molecule has 0 radical (unpaired) electrons. The lowest BCUT2D eigenvalue weighted by Crippen LogP contribution is -2.13. The zero-order chi connectivity index (χ0) is 18.4. The Morgan fingerprint density at radius 3 is 2.72 bits per heavy atom. The summed E-state index contributed by atoms with van der Waals surface area (Å²) in [5, 5.41) is 9.39. The van der Waals surface area contributed by atoms with E-state index in [0.29, 0.717) is 28.0 Å². The van der Waals surface area contributed by atoms with Gasteiger partial charge in [0, 0.05) is 24.1 Å². The summed E-state index contributed by atoms with van der Waals surface area (Å²) in [7, 11) is 1.52. The van der Waals surface area contributed by atoms with Crippen LogP contribution in [0, 0.1) is 5.92 Å². The molecule has 0 bridgehead atoms. The highest BCUT2D eigenvalue weighted by Crippen LogP contribution is 2.47. The monoisotopic (exact) mass is 367 g/mol. The van der Waals surface area contributed by atoms with Crippen molar-refractivity contribution in [2.24, 2.45) is 5.92 Å². The molecule has 1 aliphatic carbocycles. The van der Waals surface area contributed by atoms with Crippen molar-refractivity contribution in [2.75, 3.05) is 13.7 Å². The standard InChI is InChI=1S/C18H22ClNO5/c1-3-25-18(23)12(6-7-15(21)22)10-13(11-4-5-11)16-17(24-2)14(19)8-9-20-16/h8-11,13H,3-7H2,1-2H3,(H,21,22). The fourth-order valence-electron chi connectivity index (χ4n) is 2.71. The number of hydrogen-bond acceptors (Lipinski definition) is 5. The van der Waals surface area contributed by atoms with Crippen molar-refractivity contribution in [2.45, 2.75) is 38.5 Å². The minimum atomic E-state index is -0.961. The number of esters is 1. The van der Waals surface area contributed by atoms with Crippen molar-refractivity contribution in [1.82, 2.24) is 4.98 Å². The molecule has 136 valence electrons. The second-order valence-corrected chi connectivity index (χ2v) is 6.29. The highest BCUT2D eigenvalue weighted by Gasteiger charge is 2.35. The van der Waals surface area contributed by atoms with Crippen LogP contribution in [-0.4, -0.2) is 35.7 Å². The summed E-state index contributed by atoms with van der Waals surface area (Å²) < 4.78 is 10.5. The number of nitrogens with zero attached hydrogens (tertiary/aromatic N) is 1. The predicted octanol–water partition coefficient (Wildman–Crippen LogP) is 3.59. The van der Waals surface area contributed by atoms with Crippen LogP contribution in [0.4, 0.5) is 0 Å². The Labute approximate surface area is 151 Å². The Kier molecular flexibility index (Phi) is 6.82. The first-order valence-electron chi connectivity index (χ1n) is 8.25. The van der Waals surface area contributed by atoms with Gasteiger partial charge in [-0.1, -0.05) is 17.7 Å². The van der Waals surface area contributed by atoms with Crippen LogP contribution in [-0.2, 0) is 14.3 Å². The number of carbonyl (C=O) groups excluding carboxylic acids is 1. The van der Waals surface area contributed by atoms with Crippen molar-refractivity contribution >= 4 is 23.5 Å². The van der Waals surface area contributed by atoms with E-state index in [1.807, 2.05) is 0 Å². The van der Waals surface area contributed by atoms with E-state index in [-0.39, 0.29) is 25.4 Å². The van der Waals surface area contributed by atoms with Gasteiger partial charge in [-0.25, -0.2) is 4.79 Å². The maximum Gasteiger partial charge on any atom is 0.333 e. The summed E-state index contributed by atoms with van der Waals surface area (Å²) >= 11 is 6.20. The number of ether oxygens (including phenoxy) is 2. The van der Waals surface area contributed by atoms with Crippen LogP contribution >= 0.6 is 11.6 Å². The van der Waals surface area contributed by atoms with Gasteiger partial charge in [-0.05, 0) is 38.2 Å². The summed E-state index contributed by atoms with van der Waals surface area (Å²) in [5.74, 6) is -0.804. The zero-order valence-electron chi connectivity index (χ0n) is 14.3. The van der Waals surface area contributed by atoms with Crippen LogP contribution in [0.2, 0.25) is 5.02 Å². The first-order chi connectivity index (χ1) is 12.0. The van der Waals surface area contributed by atoms with E-state index in [4.69, 9.17) is 26.2 Å². The van der Waals surface area contributed by atoms with Gasteiger partial charge in [-0.3, -0.25) is 9.78 Å². The van der Waals surface area contributed by atoms with Gasteiger partial charge >= 0.3 is 11.9 Å². The molecule has 1 atom stereocenters. The maximum atomic E-state index is 12.2. The van der Waals surface area contributed by atoms with E-state index in [9.17, 15) is 9.59 Å². The molecule has 25 heavy (non-hydrogen) atoms. The third kappa shape index (κ3) is 5.19. The van der Waals surface area contributed by atoms with Crippen molar-refractivity contribution in [3.05, 3.63) is 34.6 Å². The summed E-state index contributed by atoms with van der Waals surface area (Å²) in [6, 6.07) is 1.65. The SMILES string of the molecule is CCOC(=O)C(=CC(c1nccc(Cl)c1OC)C1CC1)CCC(=O)O. The van der Waals surface area contributed by atoms with E-state index in [1.165, 1.54) is 7.11 Å². The van der Waals surface area contributed by atoms with Gasteiger partial charge < -0.3 is 14.6 Å². The summed E-state index contributed by atoms with van der Waals surface area (Å²) in [5.41, 5.74) is 1.01. The number of aromatic nitrogens is 1. The second kappa shape index (κ2) is 8.85. The molecule has 1 N–H and O–H groups in total. The second-order valence-electron chi connectivity index (χ2n) is 5.88. The Morgan fingerprint density at radius 2 is 2.16 bits per heavy atom. The lowest BCUT2D eigenvalue weighted by Gasteiger charge is -2.17. The zero-order valence-corrected chi connectivity index (χ0v) is 15.1. The largest absolute Gasteiger partial charge is 0.493 e. The Bertz CT molecular complexity index is 669. The molecule has 1 aromatic heterocycles. The van der Waals surface area contributed by atoms with E-state index < -0.39 is 11.9 Å². The van der Waals surface area contributed by atoms with Crippen molar-refractivity contribution < 1.29 is 24.2 Å². The van der Waals surface area contributed by atoms with Gasteiger partial charge in [0.05, 0.1) is 24.4 Å². The molecule has 0 spiro atoms. The van der Waals surface area contributed by atoms with Crippen molar-refractivity contribution in [3.8, 4) is 5.75 Å². The fraction of sp³-hybridized carbons (Fsp3) is 0.500. The third-order valence-electron chi connectivity index (χ3n) is 4.06. The number of pyridine rings is 1. The molecular formula is C18H22ClNO5. The maximum absolute atomic E-state index is 12.2. The minimum absolute atomic E-state index is 0.111. The van der Waals surface area contributed by atoms with E-state index in [0.717, 1.165) is 12.8 Å². The number of carboxylic acids is 1. The van der Waals surface area contributed by atoms with Crippen LogP contribution in [0.3, 0.4) is 0 Å². The number of carbonyl (C=O) groups is 2. The van der Waals surface area contributed by atoms with Crippen molar-refractivity contribution in [3.63, 3.8) is 0 Å². The molecule has 1 aliphatic rings. The van der Waals surface area contributed by atoms with Gasteiger partial charge in [0.1, 0.15) is 0 Å². The third-order valence-corrected chi connectivity index (χ3v) is 4.36. The van der Waals surface area contributed by atoms with Crippen LogP contribution < -0.4 is 4.74 Å². The highest BCUT2D eigenvalue weighted by molar-refractivity contribution is 6.32. The average Bonchev–Trinajstić information content (AvgIpc) is 3.39. The Morgan fingerprint density at radius 1 is 1.44 bits per heavy atom. The van der Waals surface area contributed by atoms with Crippen LogP contribution in [0.15, 0.2) is 23.9 Å². The first-order valence-corrected chi connectivity index (χ1v) is 8.63. The average molecular weight is 368 g/mol. The molecule has 1 unspecified atom stereocenters. The molecule has 0 amide bonds. The number of rotatable bonds is 9. The summed E-state index contributed by atoms with van der Waals surface area (Å²) in [4.78, 5) is 27.5. The van der Waals surface area contributed by atoms with Gasteiger partial charge in [0.2, 0.25) is 0 Å². The van der Waals surface area contributed by atoms with Gasteiger partial charge in [-0.15, -0.1) is 0 Å². The molecule has 1 heterocycles. The van der Waals surface area contributed by atoms with Gasteiger partial charge in [-0.2, -0.15) is 0 Å². The first kappa shape index (κ1) is 19.2. The molecule has 2 rings (SSSR count). The summed E-state index contributed by atoms with van der Waals surface area (Å²) in [6.45, 7) is 1.95. The van der Waals surface area contributed by atoms with E-state index in [1.54, 1.807) is 25.3 Å². The number of aliphatic carboxylic acids is 1. The lowest BCUT2D eigenvalue weighted by molar-refractivity contribution is -0.139. The summed E-state index contributed by atoms with van der Waals surface area (Å²) in [6.07, 6.45) is 5.37. The van der Waals surface area contributed by atoms with Crippen LogP contribution in [0.5, 0.6) is 5.75 Å². The molecule has 0 saturated heterocycles. The fourth-order valence-corrected chi connectivity index (χ4v) is 2.94. The molecule has 0 aromatic carbocycles. The number of halogens is 1. The molecule has 1 aromatic rings. The quantitative estimate of drug-likeness (QED) is 0.530. The Hall–Kier alpha value is -2.08. The predicted molar refractivity (Wildman–Crippen MR) is 92.8 cm³/mol. The Balaban J connectivity index is 2.39. The van der Waals surface area contributed by atoms with Gasteiger partial charge in [0.25, 0.3) is 0 Å². The van der Waals surface area contributed by atoms with Crippen LogP contribution in [0.25, 0.3) is 0 Å². The lowest BCUT2D eigenvalue weighted by atomic mass is 9.93. The van der Waals surface area contributed by atoms with Crippen molar-refractivity contribution in [1.29, 1.82) is 0 Å². The molecule has 0 aliphatic heterocycles. The molecule has 1 fully saturated rings. The molecule has 7 heteroatoms. The number of carboxylic acid groups (broad SMARTS) is 1. The topological polar surface area (TPSA) is 85.7 Å². The highest BCUT2D eigenvalue weighted by atomic mass is 35.5.